The third-order valence-electron chi connectivity index (χ3n) is 5.49. The molecule has 3 aromatic rings. The number of carbonyl (C=O) groups excluding carboxylic acids is 1. The molecular weight excluding hydrogens is 426 g/mol. The third kappa shape index (κ3) is 3.73. The number of nitrogens with zero attached hydrogens (tertiary/aromatic N) is 2. The van der Waals surface area contributed by atoms with Crippen LogP contribution in [0.4, 0.5) is 17.1 Å². The molecule has 2 aliphatic rings. The summed E-state index contributed by atoms with van der Waals surface area (Å²) in [6.07, 6.45) is 1.84. The van der Waals surface area contributed by atoms with Crippen LogP contribution in [0, 0.1) is 5.92 Å². The van der Waals surface area contributed by atoms with Crippen LogP contribution >= 0.6 is 0 Å². The van der Waals surface area contributed by atoms with Crippen LogP contribution in [-0.2, 0) is 10.0 Å². The van der Waals surface area contributed by atoms with E-state index in [9.17, 15) is 13.2 Å². The Kier molecular flexibility index (Phi) is 4.94. The van der Waals surface area contributed by atoms with Gasteiger partial charge in [-0.25, -0.2) is 0 Å². The van der Waals surface area contributed by atoms with Crippen LogP contribution in [0.25, 0.3) is 0 Å². The molecule has 5 rings (SSSR count). The van der Waals surface area contributed by atoms with Gasteiger partial charge in [0.05, 0.1) is 12.8 Å². The summed E-state index contributed by atoms with van der Waals surface area (Å²) in [5.74, 6) is 0.987. The van der Waals surface area contributed by atoms with Crippen molar-refractivity contribution in [1.29, 1.82) is 0 Å². The second kappa shape index (κ2) is 7.80. The fourth-order valence-corrected chi connectivity index (χ4v) is 4.99. The van der Waals surface area contributed by atoms with E-state index in [1.807, 2.05) is 35.2 Å². The van der Waals surface area contributed by atoms with Crippen LogP contribution in [0.3, 0.4) is 0 Å². The normalized spacial score (nSPS) is 16.7. The van der Waals surface area contributed by atoms with Crippen molar-refractivity contribution in [2.45, 2.75) is 17.7 Å². The molecule has 1 heterocycles. The molecule has 1 N–H and O–H groups in total. The molecule has 3 aromatic carbocycles. The lowest BCUT2D eigenvalue weighted by molar-refractivity contribution is 0.102. The van der Waals surface area contributed by atoms with Crippen molar-refractivity contribution < 1.29 is 17.9 Å². The van der Waals surface area contributed by atoms with Gasteiger partial charge >= 0.3 is 0 Å². The Morgan fingerprint density at radius 3 is 2.41 bits per heavy atom. The molecule has 32 heavy (non-hydrogen) atoms. The minimum atomic E-state index is -3.89. The molecule has 7 nitrogen and oxygen atoms in total. The molecule has 1 fully saturated rings. The number of sulfonamides is 1. The summed E-state index contributed by atoms with van der Waals surface area (Å²) in [6, 6.07) is 21.2. The molecule has 1 aliphatic carbocycles. The second-order valence-corrected chi connectivity index (χ2v) is 9.31. The molecule has 0 bridgehead atoms. The molecule has 1 aliphatic heterocycles. The smallest absolute Gasteiger partial charge is 0.286 e. The summed E-state index contributed by atoms with van der Waals surface area (Å²) < 4.78 is 35.3. The Morgan fingerprint density at radius 1 is 1.03 bits per heavy atom. The van der Waals surface area contributed by atoms with Crippen molar-refractivity contribution in [3.63, 3.8) is 0 Å². The number of carbonyl (C=O) groups is 1. The first-order valence-electron chi connectivity index (χ1n) is 10.3. The van der Waals surface area contributed by atoms with E-state index < -0.39 is 10.0 Å². The van der Waals surface area contributed by atoms with Gasteiger partial charge in [0.25, 0.3) is 15.9 Å². The van der Waals surface area contributed by atoms with Crippen molar-refractivity contribution in [3.8, 4) is 5.75 Å². The van der Waals surface area contributed by atoms with Crippen LogP contribution in [-0.4, -0.2) is 27.3 Å². The van der Waals surface area contributed by atoms with Gasteiger partial charge in [-0.05, 0) is 67.4 Å². The molecule has 0 aromatic heterocycles. The lowest BCUT2D eigenvalue weighted by atomic mass is 10.1. The zero-order chi connectivity index (χ0) is 22.3. The fraction of sp³-hybridized carbons (Fsp3) is 0.167. The first-order valence-corrected chi connectivity index (χ1v) is 11.7. The summed E-state index contributed by atoms with van der Waals surface area (Å²) in [5.41, 5.74) is 2.21. The van der Waals surface area contributed by atoms with Gasteiger partial charge in [-0.1, -0.05) is 18.2 Å². The zero-order valence-corrected chi connectivity index (χ0v) is 18.2. The number of amides is 1. The fourth-order valence-electron chi connectivity index (χ4n) is 3.71. The molecule has 0 spiro atoms. The van der Waals surface area contributed by atoms with Crippen LogP contribution in [0.2, 0.25) is 0 Å². The number of rotatable bonds is 5. The Bertz CT molecular complexity index is 1320. The predicted octanol–water partition coefficient (Wildman–Crippen LogP) is 4.60. The highest BCUT2D eigenvalue weighted by Crippen LogP contribution is 2.44. The Balaban J connectivity index is 1.51. The van der Waals surface area contributed by atoms with E-state index in [0.29, 0.717) is 28.5 Å². The molecule has 0 saturated heterocycles. The van der Waals surface area contributed by atoms with Crippen LogP contribution in [0.15, 0.2) is 82.1 Å². The van der Waals surface area contributed by atoms with E-state index in [-0.39, 0.29) is 16.7 Å². The predicted molar refractivity (Wildman–Crippen MR) is 123 cm³/mol. The van der Waals surface area contributed by atoms with Crippen molar-refractivity contribution >= 4 is 38.8 Å². The third-order valence-corrected chi connectivity index (χ3v) is 6.80. The van der Waals surface area contributed by atoms with E-state index in [4.69, 9.17) is 4.74 Å². The van der Waals surface area contributed by atoms with Crippen molar-refractivity contribution in [3.05, 3.63) is 78.4 Å². The lowest BCUT2D eigenvalue weighted by Crippen LogP contribution is -2.33. The van der Waals surface area contributed by atoms with Gasteiger partial charge in [0, 0.05) is 22.9 Å². The van der Waals surface area contributed by atoms with E-state index in [1.165, 1.54) is 6.07 Å². The highest BCUT2D eigenvalue weighted by molar-refractivity contribution is 7.90. The maximum atomic E-state index is 13.0. The van der Waals surface area contributed by atoms with E-state index in [0.717, 1.165) is 18.5 Å². The average molecular weight is 448 g/mol. The average Bonchev–Trinajstić information content (AvgIpc) is 3.65. The Morgan fingerprint density at radius 2 is 1.75 bits per heavy atom. The maximum Gasteiger partial charge on any atom is 0.286 e. The number of para-hydroxylation sites is 1. The minimum Gasteiger partial charge on any atom is -0.497 e. The van der Waals surface area contributed by atoms with Gasteiger partial charge in [0.15, 0.2) is 0 Å². The number of benzene rings is 3. The van der Waals surface area contributed by atoms with Crippen LogP contribution in [0.5, 0.6) is 5.75 Å². The van der Waals surface area contributed by atoms with Crippen molar-refractivity contribution in [2.75, 3.05) is 17.3 Å². The maximum absolute atomic E-state index is 13.0. The number of hydrogen-bond donors (Lipinski definition) is 1. The summed E-state index contributed by atoms with van der Waals surface area (Å²) >= 11 is 0. The summed E-state index contributed by atoms with van der Waals surface area (Å²) in [5, 5.41) is 2.77. The highest BCUT2D eigenvalue weighted by Gasteiger charge is 2.40. The molecule has 0 radical (unpaired) electrons. The van der Waals surface area contributed by atoms with E-state index >= 15 is 0 Å². The monoisotopic (exact) mass is 447 g/mol. The van der Waals surface area contributed by atoms with Gasteiger partial charge in [-0.2, -0.15) is 8.42 Å². The lowest BCUT2D eigenvalue weighted by Gasteiger charge is -2.31. The second-order valence-electron chi connectivity index (χ2n) is 7.73. The number of fused-ring (bicyclic) bond motifs is 1. The number of ether oxygens (including phenoxy) is 1. The quantitative estimate of drug-likeness (QED) is 0.618. The number of nitrogens with one attached hydrogen (secondary N) is 1. The van der Waals surface area contributed by atoms with E-state index in [1.54, 1.807) is 43.5 Å². The number of anilines is 3. The van der Waals surface area contributed by atoms with Crippen molar-refractivity contribution in [2.24, 2.45) is 10.3 Å². The molecule has 0 atom stereocenters. The minimum absolute atomic E-state index is 0.0679. The molecular formula is C24H21N3O4S. The first kappa shape index (κ1) is 20.3. The van der Waals surface area contributed by atoms with Gasteiger partial charge in [-0.3, -0.25) is 9.69 Å². The summed E-state index contributed by atoms with van der Waals surface area (Å²) in [6.45, 7) is 0. The Hall–Kier alpha value is -3.65. The topological polar surface area (TPSA) is 88.1 Å². The number of hydrogen-bond acceptors (Lipinski definition) is 5. The SMILES string of the molecule is COc1ccc(C(=O)Nc2ccc3c(c2)S(=O)(=O)N=C(C2CC2)N3c2ccccc2)cc1. The summed E-state index contributed by atoms with van der Waals surface area (Å²) in [4.78, 5) is 14.6. The molecule has 1 amide bonds. The van der Waals surface area contributed by atoms with Gasteiger partial charge in [0.2, 0.25) is 0 Å². The highest BCUT2D eigenvalue weighted by atomic mass is 32.2. The number of methoxy groups -OCH3 is 1. The Labute approximate surface area is 186 Å². The van der Waals surface area contributed by atoms with Crippen LogP contribution < -0.4 is 15.0 Å². The molecule has 162 valence electrons. The standard InChI is InChI=1S/C24H21N3O4S/c1-31-20-12-9-17(10-13-20)24(28)25-18-11-14-21-22(15-18)32(29,30)26-23(16-7-8-16)27(21)19-5-3-2-4-6-19/h2-6,9-16H,7-8H2,1H3,(H,25,28). The van der Waals surface area contributed by atoms with Gasteiger partial charge in [-0.15, -0.1) is 4.40 Å². The van der Waals surface area contributed by atoms with Gasteiger partial charge in [0.1, 0.15) is 16.5 Å². The largest absolute Gasteiger partial charge is 0.497 e. The first-order chi connectivity index (χ1) is 15.5. The molecule has 8 heteroatoms. The molecule has 1 saturated carbocycles. The molecule has 0 unspecified atom stereocenters. The summed E-state index contributed by atoms with van der Waals surface area (Å²) in [7, 11) is -2.34. The van der Waals surface area contributed by atoms with Crippen LogP contribution in [0.1, 0.15) is 23.2 Å². The van der Waals surface area contributed by atoms with Gasteiger partial charge < -0.3 is 10.1 Å². The van der Waals surface area contributed by atoms with E-state index in [2.05, 4.69) is 9.71 Å². The zero-order valence-electron chi connectivity index (χ0n) is 17.4. The number of amidine groups is 1. The van der Waals surface area contributed by atoms with Crippen molar-refractivity contribution in [1.82, 2.24) is 0 Å².